The van der Waals surface area contributed by atoms with Crippen molar-refractivity contribution in [2.45, 2.75) is 11.8 Å². The van der Waals surface area contributed by atoms with Gasteiger partial charge in [0.05, 0.1) is 10.6 Å². The number of nitrogens with zero attached hydrogens (tertiary/aromatic N) is 1. The van der Waals surface area contributed by atoms with Crippen molar-refractivity contribution in [1.82, 2.24) is 10.2 Å². The molecule has 0 aliphatic rings. The molecule has 0 aromatic heterocycles. The molecule has 134 valence electrons. The van der Waals surface area contributed by atoms with Gasteiger partial charge in [0.15, 0.2) is 0 Å². The first-order valence-corrected chi connectivity index (χ1v) is 9.39. The molecule has 7 heteroatoms. The first-order chi connectivity index (χ1) is 11.8. The van der Waals surface area contributed by atoms with Gasteiger partial charge < -0.3 is 10.2 Å². The van der Waals surface area contributed by atoms with Crippen LogP contribution < -0.4 is 10.0 Å². The van der Waals surface area contributed by atoms with Crippen molar-refractivity contribution in [1.29, 1.82) is 0 Å². The van der Waals surface area contributed by atoms with E-state index in [1.165, 1.54) is 24.3 Å². The summed E-state index contributed by atoms with van der Waals surface area (Å²) in [5, 5.41) is 2.79. The van der Waals surface area contributed by atoms with Gasteiger partial charge in [-0.3, -0.25) is 9.52 Å². The standard InChI is InChI=1S/C18H23N3O3S/c1-14-6-4-5-7-17(14)20-25(23,24)16-10-8-15(9-11-16)18(22)19-12-13-21(2)3/h4-11,20H,12-13H2,1-3H3,(H,19,22). The SMILES string of the molecule is Cc1ccccc1NS(=O)(=O)c1ccc(C(=O)NCCN(C)C)cc1. The first kappa shape index (κ1) is 19.0. The molecule has 0 bridgehead atoms. The van der Waals surface area contributed by atoms with Crippen LogP contribution in [0.5, 0.6) is 0 Å². The molecule has 1 amide bonds. The molecule has 2 rings (SSSR count). The van der Waals surface area contributed by atoms with Crippen molar-refractivity contribution in [3.8, 4) is 0 Å². The topological polar surface area (TPSA) is 78.5 Å². The molecule has 0 heterocycles. The summed E-state index contributed by atoms with van der Waals surface area (Å²) in [7, 11) is 0.153. The highest BCUT2D eigenvalue weighted by molar-refractivity contribution is 7.92. The lowest BCUT2D eigenvalue weighted by atomic mass is 10.2. The van der Waals surface area contributed by atoms with E-state index in [-0.39, 0.29) is 10.8 Å². The summed E-state index contributed by atoms with van der Waals surface area (Å²) in [6, 6.07) is 13.0. The van der Waals surface area contributed by atoms with Crippen molar-refractivity contribution >= 4 is 21.6 Å². The third kappa shape index (κ3) is 5.30. The van der Waals surface area contributed by atoms with Gasteiger partial charge in [-0.15, -0.1) is 0 Å². The van der Waals surface area contributed by atoms with Gasteiger partial charge in [-0.2, -0.15) is 0 Å². The van der Waals surface area contributed by atoms with Crippen LogP contribution in [0.1, 0.15) is 15.9 Å². The second kappa shape index (κ2) is 8.13. The monoisotopic (exact) mass is 361 g/mol. The zero-order chi connectivity index (χ0) is 18.4. The number of rotatable bonds is 7. The minimum absolute atomic E-state index is 0.112. The number of sulfonamides is 1. The summed E-state index contributed by atoms with van der Waals surface area (Å²) in [5.74, 6) is -0.224. The number of nitrogens with one attached hydrogen (secondary N) is 2. The lowest BCUT2D eigenvalue weighted by Gasteiger charge is -2.12. The molecule has 0 saturated carbocycles. The molecular formula is C18H23N3O3S. The molecule has 2 N–H and O–H groups in total. The molecule has 0 radical (unpaired) electrons. The van der Waals surface area contributed by atoms with Crippen LogP contribution in [0.4, 0.5) is 5.69 Å². The number of aryl methyl sites for hydroxylation is 1. The van der Waals surface area contributed by atoms with Crippen LogP contribution in [0.2, 0.25) is 0 Å². The van der Waals surface area contributed by atoms with Gasteiger partial charge in [-0.25, -0.2) is 8.42 Å². The molecule has 0 atom stereocenters. The van der Waals surface area contributed by atoms with Gasteiger partial charge in [0.1, 0.15) is 0 Å². The summed E-state index contributed by atoms with van der Waals surface area (Å²) in [6.07, 6.45) is 0. The Bertz CT molecular complexity index is 831. The van der Waals surface area contributed by atoms with Crippen LogP contribution >= 0.6 is 0 Å². The van der Waals surface area contributed by atoms with Crippen LogP contribution in [-0.4, -0.2) is 46.4 Å². The fourth-order valence-electron chi connectivity index (χ4n) is 2.17. The number of hydrogen-bond donors (Lipinski definition) is 2. The number of likely N-dealkylation sites (N-methyl/N-ethyl adjacent to an activating group) is 1. The van der Waals surface area contributed by atoms with Crippen LogP contribution in [0.15, 0.2) is 53.4 Å². The van der Waals surface area contributed by atoms with Crippen molar-refractivity contribution in [2.75, 3.05) is 31.9 Å². The highest BCUT2D eigenvalue weighted by atomic mass is 32.2. The van der Waals surface area contributed by atoms with Gasteiger partial charge in [-0.1, -0.05) is 18.2 Å². The lowest BCUT2D eigenvalue weighted by Crippen LogP contribution is -2.31. The Labute approximate surface area is 148 Å². The van der Waals surface area contributed by atoms with Crippen LogP contribution in [0, 0.1) is 6.92 Å². The molecule has 0 aliphatic carbocycles. The Morgan fingerprint density at radius 2 is 1.68 bits per heavy atom. The van der Waals surface area contributed by atoms with E-state index in [1.54, 1.807) is 12.1 Å². The fraction of sp³-hybridized carbons (Fsp3) is 0.278. The number of carbonyl (C=O) groups is 1. The Balaban J connectivity index is 2.08. The van der Waals surface area contributed by atoms with Crippen molar-refractivity contribution < 1.29 is 13.2 Å². The summed E-state index contributed by atoms with van der Waals surface area (Å²) in [6.45, 7) is 3.10. The second-order valence-corrected chi connectivity index (χ2v) is 7.69. The van der Waals surface area contributed by atoms with Gasteiger partial charge in [0.2, 0.25) is 0 Å². The van der Waals surface area contributed by atoms with E-state index in [1.807, 2.05) is 38.1 Å². The van der Waals surface area contributed by atoms with E-state index >= 15 is 0 Å². The van der Waals surface area contributed by atoms with Gasteiger partial charge >= 0.3 is 0 Å². The van der Waals surface area contributed by atoms with Crippen molar-refractivity contribution in [3.63, 3.8) is 0 Å². The van der Waals surface area contributed by atoms with Crippen molar-refractivity contribution in [2.24, 2.45) is 0 Å². The summed E-state index contributed by atoms with van der Waals surface area (Å²) < 4.78 is 27.5. The average Bonchev–Trinajstić information content (AvgIpc) is 2.56. The van der Waals surface area contributed by atoms with Crippen LogP contribution in [-0.2, 0) is 10.0 Å². The van der Waals surface area contributed by atoms with Crippen molar-refractivity contribution in [3.05, 3.63) is 59.7 Å². The molecule has 0 aliphatic heterocycles. The molecule has 0 fully saturated rings. The number of carbonyl (C=O) groups excluding carboxylic acids is 1. The van der Waals surface area contributed by atoms with Crippen LogP contribution in [0.25, 0.3) is 0 Å². The largest absolute Gasteiger partial charge is 0.351 e. The number of hydrogen-bond acceptors (Lipinski definition) is 4. The summed E-state index contributed by atoms with van der Waals surface area (Å²) >= 11 is 0. The lowest BCUT2D eigenvalue weighted by molar-refractivity contribution is 0.0951. The minimum Gasteiger partial charge on any atom is -0.351 e. The van der Waals surface area contributed by atoms with E-state index in [0.717, 1.165) is 12.1 Å². The molecule has 2 aromatic carbocycles. The molecule has 25 heavy (non-hydrogen) atoms. The summed E-state index contributed by atoms with van der Waals surface area (Å²) in [4.78, 5) is 14.1. The highest BCUT2D eigenvalue weighted by Gasteiger charge is 2.16. The number of para-hydroxylation sites is 1. The maximum absolute atomic E-state index is 12.5. The predicted octanol–water partition coefficient (Wildman–Crippen LogP) is 2.09. The van der Waals surface area contributed by atoms with E-state index in [0.29, 0.717) is 17.8 Å². The first-order valence-electron chi connectivity index (χ1n) is 7.91. The Hall–Kier alpha value is -2.38. The zero-order valence-corrected chi connectivity index (χ0v) is 15.4. The third-order valence-corrected chi connectivity index (χ3v) is 5.04. The van der Waals surface area contributed by atoms with E-state index < -0.39 is 10.0 Å². The molecule has 0 spiro atoms. The highest BCUT2D eigenvalue weighted by Crippen LogP contribution is 2.19. The minimum atomic E-state index is -3.69. The quantitative estimate of drug-likeness (QED) is 0.791. The molecule has 2 aromatic rings. The average molecular weight is 361 g/mol. The fourth-order valence-corrected chi connectivity index (χ4v) is 3.30. The van der Waals surface area contributed by atoms with Gasteiger partial charge in [0, 0.05) is 18.7 Å². The van der Waals surface area contributed by atoms with Gasteiger partial charge in [0.25, 0.3) is 15.9 Å². The smallest absolute Gasteiger partial charge is 0.261 e. The Morgan fingerprint density at radius 1 is 1.04 bits per heavy atom. The van der Waals surface area contributed by atoms with E-state index in [9.17, 15) is 13.2 Å². The molecule has 0 saturated heterocycles. The normalized spacial score (nSPS) is 11.4. The maximum atomic E-state index is 12.5. The molecule has 0 unspecified atom stereocenters. The Kier molecular flexibility index (Phi) is 6.17. The predicted molar refractivity (Wildman–Crippen MR) is 99.3 cm³/mol. The number of benzene rings is 2. The van der Waals surface area contributed by atoms with E-state index in [2.05, 4.69) is 10.0 Å². The number of anilines is 1. The third-order valence-electron chi connectivity index (χ3n) is 3.66. The zero-order valence-electron chi connectivity index (χ0n) is 14.6. The Morgan fingerprint density at radius 3 is 2.28 bits per heavy atom. The number of amides is 1. The van der Waals surface area contributed by atoms with Gasteiger partial charge in [-0.05, 0) is 56.9 Å². The molecule has 6 nitrogen and oxygen atoms in total. The molecular weight excluding hydrogens is 338 g/mol. The van der Waals surface area contributed by atoms with E-state index in [4.69, 9.17) is 0 Å². The maximum Gasteiger partial charge on any atom is 0.261 e. The second-order valence-electron chi connectivity index (χ2n) is 6.00. The summed E-state index contributed by atoms with van der Waals surface area (Å²) in [5.41, 5.74) is 1.80. The van der Waals surface area contributed by atoms with Crippen LogP contribution in [0.3, 0.4) is 0 Å².